The van der Waals surface area contributed by atoms with Crippen molar-refractivity contribution in [3.63, 3.8) is 0 Å². The van der Waals surface area contributed by atoms with Gasteiger partial charge in [-0.3, -0.25) is 0 Å². The van der Waals surface area contributed by atoms with Crippen LogP contribution in [0.1, 0.15) is 16.6 Å². The Morgan fingerprint density at radius 2 is 2.50 bits per heavy atom. The molecule has 2 rings (SSSR count). The molecular weight excluding hydrogens is 220 g/mol. The van der Waals surface area contributed by atoms with Gasteiger partial charge in [-0.25, -0.2) is 4.79 Å². The van der Waals surface area contributed by atoms with Crippen LogP contribution in [0.25, 0.3) is 10.3 Å². The van der Waals surface area contributed by atoms with Gasteiger partial charge in [0.15, 0.2) is 5.58 Å². The minimum Gasteiger partial charge on any atom is -0.477 e. The molecule has 0 saturated heterocycles. The molecule has 0 aliphatic rings. The zero-order valence-electron chi connectivity index (χ0n) is 7.44. The van der Waals surface area contributed by atoms with Crippen LogP contribution in [0.3, 0.4) is 0 Å². The number of fused-ring (bicyclic) bond motifs is 1. The molecular formula is C9H8O3S2. The van der Waals surface area contributed by atoms with Crippen molar-refractivity contribution in [2.75, 3.05) is 5.75 Å². The Balaban J connectivity index is 2.63. The number of thioether (sulfide) groups is 1. The molecule has 0 aromatic carbocycles. The van der Waals surface area contributed by atoms with E-state index in [2.05, 4.69) is 0 Å². The van der Waals surface area contributed by atoms with Crippen LogP contribution >= 0.6 is 23.1 Å². The third-order valence-electron chi connectivity index (χ3n) is 1.74. The van der Waals surface area contributed by atoms with Gasteiger partial charge in [-0.1, -0.05) is 6.92 Å². The zero-order valence-corrected chi connectivity index (χ0v) is 9.08. The van der Waals surface area contributed by atoms with Gasteiger partial charge in [-0.2, -0.15) is 0 Å². The second-order valence-corrected chi connectivity index (χ2v) is 4.94. The topological polar surface area (TPSA) is 50.4 Å². The summed E-state index contributed by atoms with van der Waals surface area (Å²) in [6.07, 6.45) is 1.59. The number of rotatable bonds is 3. The molecule has 3 nitrogen and oxygen atoms in total. The maximum atomic E-state index is 10.9. The fourth-order valence-electron chi connectivity index (χ4n) is 1.22. The number of carboxylic acid groups (broad SMARTS) is 1. The minimum absolute atomic E-state index is 0.381. The van der Waals surface area contributed by atoms with Gasteiger partial charge in [0.05, 0.1) is 15.9 Å². The normalized spacial score (nSPS) is 10.9. The summed E-state index contributed by atoms with van der Waals surface area (Å²) < 4.78 is 6.16. The SMILES string of the molecule is CCSc1c(C(=O)O)sc2ccoc12. The number of furan rings is 1. The average molecular weight is 228 g/mol. The van der Waals surface area contributed by atoms with Crippen LogP contribution in [0.4, 0.5) is 0 Å². The third-order valence-corrected chi connectivity index (χ3v) is 3.96. The van der Waals surface area contributed by atoms with E-state index in [1.54, 1.807) is 12.3 Å². The van der Waals surface area contributed by atoms with E-state index >= 15 is 0 Å². The predicted molar refractivity (Wildman–Crippen MR) is 57.4 cm³/mol. The van der Waals surface area contributed by atoms with Crippen molar-refractivity contribution >= 4 is 39.4 Å². The Labute approximate surface area is 88.7 Å². The molecule has 0 amide bonds. The van der Waals surface area contributed by atoms with Crippen molar-refractivity contribution in [2.24, 2.45) is 0 Å². The van der Waals surface area contributed by atoms with Crippen molar-refractivity contribution in [1.29, 1.82) is 0 Å². The predicted octanol–water partition coefficient (Wildman–Crippen LogP) is 3.30. The lowest BCUT2D eigenvalue weighted by Crippen LogP contribution is -1.93. The van der Waals surface area contributed by atoms with Crippen molar-refractivity contribution in [1.82, 2.24) is 0 Å². The minimum atomic E-state index is -0.877. The first-order chi connectivity index (χ1) is 6.74. The standard InChI is InChI=1S/C9H8O3S2/c1-2-13-7-6-5(3-4-12-6)14-8(7)9(10)11/h3-4H,2H2,1H3,(H,10,11). The van der Waals surface area contributed by atoms with Crippen molar-refractivity contribution in [3.8, 4) is 0 Å². The molecule has 0 fully saturated rings. The van der Waals surface area contributed by atoms with E-state index in [4.69, 9.17) is 9.52 Å². The van der Waals surface area contributed by atoms with Crippen LogP contribution < -0.4 is 0 Å². The van der Waals surface area contributed by atoms with Crippen molar-refractivity contribution in [2.45, 2.75) is 11.8 Å². The van der Waals surface area contributed by atoms with Crippen molar-refractivity contribution in [3.05, 3.63) is 17.2 Å². The largest absolute Gasteiger partial charge is 0.477 e. The van der Waals surface area contributed by atoms with Crippen LogP contribution in [0, 0.1) is 0 Å². The smallest absolute Gasteiger partial charge is 0.347 e. The quantitative estimate of drug-likeness (QED) is 0.819. The lowest BCUT2D eigenvalue weighted by atomic mass is 10.4. The summed E-state index contributed by atoms with van der Waals surface area (Å²) in [5.41, 5.74) is 0.708. The van der Waals surface area contributed by atoms with Crippen molar-refractivity contribution < 1.29 is 14.3 Å². The zero-order chi connectivity index (χ0) is 10.1. The monoisotopic (exact) mass is 228 g/mol. The van der Waals surface area contributed by atoms with Crippen LogP contribution in [0.2, 0.25) is 0 Å². The molecule has 0 aliphatic heterocycles. The Bertz CT molecular complexity index is 469. The fraction of sp³-hybridized carbons (Fsp3) is 0.222. The molecule has 74 valence electrons. The highest BCUT2D eigenvalue weighted by atomic mass is 32.2. The molecule has 2 heterocycles. The van der Waals surface area contributed by atoms with Crippen LogP contribution in [-0.2, 0) is 0 Å². The summed E-state index contributed by atoms with van der Waals surface area (Å²) >= 11 is 2.77. The van der Waals surface area contributed by atoms with Gasteiger partial charge in [0, 0.05) is 0 Å². The number of carboxylic acids is 1. The van der Waals surface area contributed by atoms with E-state index in [-0.39, 0.29) is 0 Å². The highest BCUT2D eigenvalue weighted by molar-refractivity contribution is 7.99. The summed E-state index contributed by atoms with van der Waals surface area (Å²) in [6.45, 7) is 1.99. The first-order valence-electron chi connectivity index (χ1n) is 4.10. The van der Waals surface area contributed by atoms with E-state index in [0.29, 0.717) is 10.5 Å². The molecule has 0 aliphatic carbocycles. The van der Waals surface area contributed by atoms with Gasteiger partial charge >= 0.3 is 5.97 Å². The lowest BCUT2D eigenvalue weighted by Gasteiger charge is -1.95. The summed E-state index contributed by atoms with van der Waals surface area (Å²) in [5, 5.41) is 8.97. The number of thiophene rings is 1. The lowest BCUT2D eigenvalue weighted by molar-refractivity contribution is 0.0699. The molecule has 1 N–H and O–H groups in total. The van der Waals surface area contributed by atoms with E-state index < -0.39 is 5.97 Å². The summed E-state index contributed by atoms with van der Waals surface area (Å²) in [4.78, 5) is 12.1. The van der Waals surface area contributed by atoms with Gasteiger partial charge in [0.25, 0.3) is 0 Å². The molecule has 2 aromatic heterocycles. The van der Waals surface area contributed by atoms with Gasteiger partial charge in [0.1, 0.15) is 4.88 Å². The molecule has 0 radical (unpaired) electrons. The average Bonchev–Trinajstić information content (AvgIpc) is 2.67. The van der Waals surface area contributed by atoms with Crippen LogP contribution in [-0.4, -0.2) is 16.8 Å². The number of hydrogen-bond acceptors (Lipinski definition) is 4. The Morgan fingerprint density at radius 1 is 1.71 bits per heavy atom. The highest BCUT2D eigenvalue weighted by Gasteiger charge is 2.19. The number of carbonyl (C=O) groups is 1. The van der Waals surface area contributed by atoms with Crippen LogP contribution in [0.5, 0.6) is 0 Å². The summed E-state index contributed by atoms with van der Waals surface area (Å²) in [6, 6.07) is 1.80. The van der Waals surface area contributed by atoms with E-state index in [0.717, 1.165) is 15.3 Å². The van der Waals surface area contributed by atoms with E-state index in [9.17, 15) is 4.79 Å². The molecule has 0 saturated carbocycles. The third kappa shape index (κ3) is 1.42. The molecule has 2 aromatic rings. The molecule has 14 heavy (non-hydrogen) atoms. The van der Waals surface area contributed by atoms with Gasteiger partial charge in [-0.15, -0.1) is 23.1 Å². The van der Waals surface area contributed by atoms with Gasteiger partial charge < -0.3 is 9.52 Å². The second kappa shape index (κ2) is 3.67. The first kappa shape index (κ1) is 9.61. The fourth-order valence-corrected chi connectivity index (χ4v) is 3.24. The first-order valence-corrected chi connectivity index (χ1v) is 5.90. The Morgan fingerprint density at radius 3 is 3.14 bits per heavy atom. The second-order valence-electron chi connectivity index (χ2n) is 2.61. The molecule has 0 unspecified atom stereocenters. The summed E-state index contributed by atoms with van der Waals surface area (Å²) in [5.74, 6) is -0.0374. The number of aromatic carboxylic acids is 1. The molecule has 5 heteroatoms. The maximum absolute atomic E-state index is 10.9. The van der Waals surface area contributed by atoms with E-state index in [1.165, 1.54) is 23.1 Å². The Kier molecular flexibility index (Phi) is 2.52. The number of hydrogen-bond donors (Lipinski definition) is 1. The highest BCUT2D eigenvalue weighted by Crippen LogP contribution is 2.38. The van der Waals surface area contributed by atoms with Crippen LogP contribution in [0.15, 0.2) is 21.6 Å². The maximum Gasteiger partial charge on any atom is 0.347 e. The molecule has 0 spiro atoms. The molecule has 0 atom stereocenters. The van der Waals surface area contributed by atoms with Gasteiger partial charge in [0.2, 0.25) is 0 Å². The summed E-state index contributed by atoms with van der Waals surface area (Å²) in [7, 11) is 0. The van der Waals surface area contributed by atoms with E-state index in [1.807, 2.05) is 6.92 Å². The molecule has 0 bridgehead atoms. The Hall–Kier alpha value is -0.940. The van der Waals surface area contributed by atoms with Gasteiger partial charge in [-0.05, 0) is 11.8 Å².